The summed E-state index contributed by atoms with van der Waals surface area (Å²) in [6, 6.07) is 6.49. The number of rotatable bonds is 9. The largest absolute Gasteiger partial charge is 0.459 e. The third-order valence-corrected chi connectivity index (χ3v) is 9.51. The van der Waals surface area contributed by atoms with Crippen LogP contribution in [0, 0.1) is 116 Å². The van der Waals surface area contributed by atoms with Crippen LogP contribution in [-0.4, -0.2) is 29.0 Å². The molecule has 6 rings (SSSR count). The molecule has 0 aliphatic heterocycles. The first kappa shape index (κ1) is 50.0. The minimum Gasteiger partial charge on any atom is -0.459 e. The Labute approximate surface area is 354 Å². The third kappa shape index (κ3) is 8.27. The second kappa shape index (κ2) is 18.8. The van der Waals surface area contributed by atoms with Crippen LogP contribution in [0.1, 0.15) is 34.6 Å². The van der Waals surface area contributed by atoms with Crippen LogP contribution in [0.5, 0.6) is 0 Å². The highest BCUT2D eigenvalue weighted by atomic mass is 19.2. The molecule has 0 saturated heterocycles. The molecule has 0 bridgehead atoms. The molecule has 1 heterocycles. The van der Waals surface area contributed by atoms with Crippen LogP contribution in [0.25, 0.3) is 0 Å². The number of benzene rings is 5. The van der Waals surface area contributed by atoms with Gasteiger partial charge in [0.15, 0.2) is 82.2 Å². The number of Topliss-reactive ketones (excluding diaryl/α,β-unsaturated/α-hetero) is 1. The van der Waals surface area contributed by atoms with E-state index in [0.29, 0.717) is 11.1 Å². The van der Waals surface area contributed by atoms with E-state index < -0.39 is 144 Å². The summed E-state index contributed by atoms with van der Waals surface area (Å²) in [6.07, 6.45) is -0.678. The summed E-state index contributed by atoms with van der Waals surface area (Å²) in [6.45, 7) is 3.82. The molecule has 0 aliphatic carbocycles. The first-order valence-corrected chi connectivity index (χ1v) is 17.6. The van der Waals surface area contributed by atoms with E-state index in [9.17, 15) is 62.3 Å². The van der Waals surface area contributed by atoms with Gasteiger partial charge in [-0.2, -0.15) is 4.57 Å². The summed E-state index contributed by atoms with van der Waals surface area (Å²) in [5.41, 5.74) is -13.3. The molecule has 348 valence electrons. The third-order valence-electron chi connectivity index (χ3n) is 9.51. The zero-order valence-corrected chi connectivity index (χ0v) is 32.2. The second-order valence-electron chi connectivity index (χ2n) is 13.7. The van der Waals surface area contributed by atoms with E-state index in [-0.39, 0.29) is 24.4 Å². The van der Waals surface area contributed by atoms with E-state index >= 15 is 35.1 Å². The molecule has 0 fully saturated rings. The molecular weight excluding hydrogens is 947 g/mol. The minimum atomic E-state index is -7.22. The van der Waals surface area contributed by atoms with Crippen LogP contribution in [0.4, 0.5) is 87.8 Å². The van der Waals surface area contributed by atoms with Crippen LogP contribution in [-0.2, 0) is 11.3 Å². The van der Waals surface area contributed by atoms with Gasteiger partial charge in [-0.1, -0.05) is 12.1 Å². The zero-order valence-electron chi connectivity index (χ0n) is 32.2. The molecule has 6 aromatic rings. The Morgan fingerprint density at radius 3 is 0.939 bits per heavy atom. The standard InChI is InChI=1S/C24BF20.C16H17N2O3/c26-5-1(6(27)14(35)21(42)13(5)34)25(2-7(28)15(36)22(43)16(37)8(2)29,3-9(30)17(38)23(44)18(39)10(3)31)4-11(32)19(40)24(45)20(41)12(4)33;1-12(2)21-16(20)14-5-3-13(4-6-14)15(19)11-18-9-7-17-8-10-18/h;3-10,12H,11H2,1-2H3/q-1;+1. The number of hydrogen-bond donors (Lipinski definition) is 0. The summed E-state index contributed by atoms with van der Waals surface area (Å²) in [4.78, 5) is 27.7. The maximum Gasteiger partial charge on any atom is 0.338 e. The Morgan fingerprint density at radius 2 is 0.682 bits per heavy atom. The van der Waals surface area contributed by atoms with Crippen molar-refractivity contribution in [2.24, 2.45) is 0 Å². The van der Waals surface area contributed by atoms with E-state index in [1.165, 1.54) is 0 Å². The fraction of sp³-hybridized carbons (Fsp3) is 0.100. The van der Waals surface area contributed by atoms with Gasteiger partial charge in [0.25, 0.3) is 0 Å². The Bertz CT molecular complexity index is 2560. The van der Waals surface area contributed by atoms with Crippen molar-refractivity contribution in [3.63, 3.8) is 0 Å². The average Bonchev–Trinajstić information content (AvgIpc) is 3.29. The monoisotopic (exact) mass is 964 g/mol. The van der Waals surface area contributed by atoms with Gasteiger partial charge < -0.3 is 4.74 Å². The highest BCUT2D eigenvalue weighted by Crippen LogP contribution is 2.31. The van der Waals surface area contributed by atoms with Crippen molar-refractivity contribution in [2.75, 3.05) is 0 Å². The number of esters is 1. The van der Waals surface area contributed by atoms with E-state index in [1.54, 1.807) is 67.5 Å². The van der Waals surface area contributed by atoms with Crippen molar-refractivity contribution in [1.82, 2.24) is 4.98 Å². The highest BCUT2D eigenvalue weighted by Gasteiger charge is 2.52. The maximum absolute atomic E-state index is 15.4. The number of carbonyl (C=O) groups excluding carboxylic acids is 2. The summed E-state index contributed by atoms with van der Waals surface area (Å²) < 4.78 is 301. The van der Waals surface area contributed by atoms with Crippen LogP contribution < -0.4 is 26.4 Å². The lowest BCUT2D eigenvalue weighted by molar-refractivity contribution is -0.683. The van der Waals surface area contributed by atoms with E-state index in [4.69, 9.17) is 4.74 Å². The van der Waals surface area contributed by atoms with Gasteiger partial charge in [-0.3, -0.25) is 9.78 Å². The molecule has 0 aliphatic rings. The Morgan fingerprint density at radius 1 is 0.439 bits per heavy atom. The number of ketones is 1. The lowest BCUT2D eigenvalue weighted by Crippen LogP contribution is -2.81. The number of ether oxygens (including phenoxy) is 1. The van der Waals surface area contributed by atoms with Crippen molar-refractivity contribution in [2.45, 2.75) is 26.5 Å². The molecule has 0 N–H and O–H groups in total. The van der Waals surface area contributed by atoms with Gasteiger partial charge in [0, 0.05) is 5.56 Å². The summed E-state index contributed by atoms with van der Waals surface area (Å²) >= 11 is 0. The fourth-order valence-electron chi connectivity index (χ4n) is 6.66. The predicted octanol–water partition coefficient (Wildman–Crippen LogP) is 7.66. The van der Waals surface area contributed by atoms with Crippen molar-refractivity contribution in [1.29, 1.82) is 0 Å². The molecule has 0 radical (unpaired) electrons. The van der Waals surface area contributed by atoms with E-state index in [0.717, 1.165) is 0 Å². The lowest BCUT2D eigenvalue weighted by atomic mass is 9.12. The molecule has 0 saturated carbocycles. The molecular formula is C40H17BF20N2O3. The molecule has 0 spiro atoms. The van der Waals surface area contributed by atoms with Crippen molar-refractivity contribution < 1.29 is 107 Å². The van der Waals surface area contributed by atoms with E-state index in [1.807, 2.05) is 0 Å². The predicted molar refractivity (Wildman–Crippen MR) is 185 cm³/mol. The van der Waals surface area contributed by atoms with Gasteiger partial charge in [-0.25, -0.2) is 92.6 Å². The Kier molecular flexibility index (Phi) is 14.3. The molecule has 1 aromatic heterocycles. The van der Waals surface area contributed by atoms with Crippen molar-refractivity contribution >= 4 is 39.7 Å². The molecule has 0 unspecified atom stereocenters. The quantitative estimate of drug-likeness (QED) is 0.0284. The van der Waals surface area contributed by atoms with Gasteiger partial charge in [0.1, 0.15) is 52.7 Å². The summed E-state index contributed by atoms with van der Waals surface area (Å²) in [7, 11) is 0. The number of hydrogen-bond acceptors (Lipinski definition) is 4. The molecule has 0 atom stereocenters. The van der Waals surface area contributed by atoms with Crippen molar-refractivity contribution in [3.05, 3.63) is 177 Å². The highest BCUT2D eigenvalue weighted by molar-refractivity contribution is 7.20. The molecule has 5 nitrogen and oxygen atoms in total. The summed E-state index contributed by atoms with van der Waals surface area (Å²) in [5, 5.41) is 0. The van der Waals surface area contributed by atoms with Gasteiger partial charge in [-0.15, -0.1) is 21.9 Å². The Hall–Kier alpha value is -7.02. The topological polar surface area (TPSA) is 60.1 Å². The molecule has 26 heteroatoms. The van der Waals surface area contributed by atoms with Gasteiger partial charge in [-0.05, 0) is 26.0 Å². The van der Waals surface area contributed by atoms with Gasteiger partial charge >= 0.3 is 5.97 Å². The smallest absolute Gasteiger partial charge is 0.338 e. The number of carbonyl (C=O) groups is 2. The van der Waals surface area contributed by atoms with Crippen LogP contribution >= 0.6 is 0 Å². The zero-order chi connectivity index (χ0) is 49.6. The van der Waals surface area contributed by atoms with Gasteiger partial charge in [0.05, 0.1) is 24.1 Å². The SMILES string of the molecule is CC(C)OC(=O)c1ccc(C(=O)C[n+]2ccncc2)cc1.Fc1c(F)c(F)c([B-](c2c(F)c(F)c(F)c(F)c2F)(c2c(F)c(F)c(F)c(F)c2F)c2c(F)c(F)c(F)c(F)c2F)c(F)c1F. The van der Waals surface area contributed by atoms with Crippen LogP contribution in [0.3, 0.4) is 0 Å². The first-order valence-electron chi connectivity index (χ1n) is 17.6. The second-order valence-corrected chi connectivity index (χ2v) is 13.7. The summed E-state index contributed by atoms with van der Waals surface area (Å²) in [5.74, 6) is -71.8. The normalized spacial score (nSPS) is 11.5. The number of aromatic nitrogens is 2. The molecule has 0 amide bonds. The van der Waals surface area contributed by atoms with Gasteiger partial charge in [0.2, 0.25) is 12.3 Å². The number of halogens is 20. The average molecular weight is 964 g/mol. The lowest BCUT2D eigenvalue weighted by Gasteiger charge is -2.44. The Balaban J connectivity index is 0.000000324. The minimum absolute atomic E-state index is 0.0324. The van der Waals surface area contributed by atoms with Crippen LogP contribution in [0.2, 0.25) is 0 Å². The number of nitrogens with zero attached hydrogens (tertiary/aromatic N) is 2. The van der Waals surface area contributed by atoms with Crippen molar-refractivity contribution in [3.8, 4) is 0 Å². The van der Waals surface area contributed by atoms with E-state index in [2.05, 4.69) is 4.98 Å². The molecule has 66 heavy (non-hydrogen) atoms. The van der Waals surface area contributed by atoms with Crippen LogP contribution in [0.15, 0.2) is 49.1 Å². The maximum atomic E-state index is 15.4. The fourth-order valence-corrected chi connectivity index (χ4v) is 6.66. The molecule has 5 aromatic carbocycles. The first-order chi connectivity index (χ1) is 30.8.